The Labute approximate surface area is 111 Å². The van der Waals surface area contributed by atoms with E-state index in [9.17, 15) is 8.78 Å². The molecule has 0 aliphatic heterocycles. The van der Waals surface area contributed by atoms with Crippen molar-refractivity contribution in [3.05, 3.63) is 54.1 Å². The summed E-state index contributed by atoms with van der Waals surface area (Å²) in [5, 5.41) is 3.31. The van der Waals surface area contributed by atoms with Crippen LogP contribution >= 0.6 is 0 Å². The highest BCUT2D eigenvalue weighted by atomic mass is 19.1. The smallest absolute Gasteiger partial charge is 0.126 e. The summed E-state index contributed by atoms with van der Waals surface area (Å²) in [6.07, 6.45) is 5.34. The summed E-state index contributed by atoms with van der Waals surface area (Å²) < 4.78 is 28.3. The SMILES string of the molecule is CC(Cn1ccnc1)NC(C)c1cc(F)cc(F)c1. The second-order valence-corrected chi connectivity index (χ2v) is 4.75. The van der Waals surface area contributed by atoms with E-state index < -0.39 is 11.6 Å². The first-order chi connectivity index (χ1) is 9.04. The third-order valence-corrected chi connectivity index (χ3v) is 2.96. The summed E-state index contributed by atoms with van der Waals surface area (Å²) in [7, 11) is 0. The van der Waals surface area contributed by atoms with Crippen LogP contribution in [0.5, 0.6) is 0 Å². The Morgan fingerprint density at radius 1 is 1.21 bits per heavy atom. The zero-order chi connectivity index (χ0) is 13.8. The minimum Gasteiger partial charge on any atom is -0.336 e. The molecular formula is C14H17F2N3. The van der Waals surface area contributed by atoms with E-state index in [0.717, 1.165) is 12.6 Å². The fourth-order valence-electron chi connectivity index (χ4n) is 2.11. The van der Waals surface area contributed by atoms with Crippen molar-refractivity contribution in [2.45, 2.75) is 32.5 Å². The van der Waals surface area contributed by atoms with E-state index in [4.69, 9.17) is 0 Å². The second kappa shape index (κ2) is 5.93. The number of imidazole rings is 1. The van der Waals surface area contributed by atoms with Gasteiger partial charge in [-0.2, -0.15) is 0 Å². The molecule has 2 aromatic rings. The number of nitrogens with zero attached hydrogens (tertiary/aromatic N) is 2. The van der Waals surface area contributed by atoms with Gasteiger partial charge >= 0.3 is 0 Å². The number of halogens is 2. The summed E-state index contributed by atoms with van der Waals surface area (Å²) in [5.41, 5.74) is 0.606. The lowest BCUT2D eigenvalue weighted by Gasteiger charge is -2.21. The average Bonchev–Trinajstić information content (AvgIpc) is 2.80. The van der Waals surface area contributed by atoms with Gasteiger partial charge in [-0.15, -0.1) is 0 Å². The van der Waals surface area contributed by atoms with Gasteiger partial charge in [0.2, 0.25) is 0 Å². The minimum atomic E-state index is -0.550. The fraction of sp³-hybridized carbons (Fsp3) is 0.357. The average molecular weight is 265 g/mol. The first-order valence-electron chi connectivity index (χ1n) is 6.22. The Bertz CT molecular complexity index is 505. The van der Waals surface area contributed by atoms with E-state index >= 15 is 0 Å². The molecule has 0 fully saturated rings. The molecule has 0 spiro atoms. The molecule has 0 saturated heterocycles. The monoisotopic (exact) mass is 265 g/mol. The van der Waals surface area contributed by atoms with E-state index in [0.29, 0.717) is 5.56 Å². The van der Waals surface area contributed by atoms with Crippen LogP contribution in [-0.4, -0.2) is 15.6 Å². The molecule has 1 aromatic heterocycles. The van der Waals surface area contributed by atoms with Crippen molar-refractivity contribution >= 4 is 0 Å². The maximum Gasteiger partial charge on any atom is 0.126 e. The molecule has 2 unspecified atom stereocenters. The molecule has 5 heteroatoms. The van der Waals surface area contributed by atoms with E-state index in [1.165, 1.54) is 12.1 Å². The van der Waals surface area contributed by atoms with Crippen LogP contribution in [0.3, 0.4) is 0 Å². The topological polar surface area (TPSA) is 29.9 Å². The van der Waals surface area contributed by atoms with Crippen molar-refractivity contribution in [1.29, 1.82) is 0 Å². The van der Waals surface area contributed by atoms with Gasteiger partial charge in [-0.05, 0) is 31.5 Å². The first kappa shape index (κ1) is 13.7. The van der Waals surface area contributed by atoms with Crippen molar-refractivity contribution in [2.24, 2.45) is 0 Å². The zero-order valence-electron chi connectivity index (χ0n) is 11.0. The molecule has 2 rings (SSSR count). The van der Waals surface area contributed by atoms with Gasteiger partial charge in [0.15, 0.2) is 0 Å². The molecule has 0 radical (unpaired) electrons. The van der Waals surface area contributed by atoms with Crippen LogP contribution in [-0.2, 0) is 6.54 Å². The van der Waals surface area contributed by atoms with Gasteiger partial charge in [0.05, 0.1) is 6.33 Å². The molecule has 102 valence electrons. The lowest BCUT2D eigenvalue weighted by Crippen LogP contribution is -2.32. The van der Waals surface area contributed by atoms with Crippen LogP contribution in [0.1, 0.15) is 25.5 Å². The van der Waals surface area contributed by atoms with Crippen LogP contribution in [0.4, 0.5) is 8.78 Å². The summed E-state index contributed by atoms with van der Waals surface area (Å²) in [4.78, 5) is 3.97. The predicted molar refractivity (Wildman–Crippen MR) is 69.6 cm³/mol. The molecule has 2 atom stereocenters. The van der Waals surface area contributed by atoms with Crippen LogP contribution in [0, 0.1) is 11.6 Å². The van der Waals surface area contributed by atoms with Crippen molar-refractivity contribution in [3.8, 4) is 0 Å². The molecule has 0 aliphatic carbocycles. The van der Waals surface area contributed by atoms with Gasteiger partial charge < -0.3 is 9.88 Å². The minimum absolute atomic E-state index is 0.122. The van der Waals surface area contributed by atoms with Crippen molar-refractivity contribution in [2.75, 3.05) is 0 Å². The molecule has 0 aliphatic rings. The third-order valence-electron chi connectivity index (χ3n) is 2.96. The Hall–Kier alpha value is -1.75. The number of aromatic nitrogens is 2. The Kier molecular flexibility index (Phi) is 4.27. The molecule has 0 amide bonds. The van der Waals surface area contributed by atoms with Crippen LogP contribution in [0.15, 0.2) is 36.9 Å². The maximum absolute atomic E-state index is 13.2. The number of rotatable bonds is 5. The van der Waals surface area contributed by atoms with Gasteiger partial charge in [-0.25, -0.2) is 13.8 Å². The number of hydrogen-bond acceptors (Lipinski definition) is 2. The third kappa shape index (κ3) is 3.86. The van der Waals surface area contributed by atoms with E-state index in [1.54, 1.807) is 12.5 Å². The van der Waals surface area contributed by atoms with Gasteiger partial charge in [0.1, 0.15) is 11.6 Å². The van der Waals surface area contributed by atoms with E-state index in [-0.39, 0.29) is 12.1 Å². The molecule has 19 heavy (non-hydrogen) atoms. The van der Waals surface area contributed by atoms with Gasteiger partial charge in [-0.1, -0.05) is 0 Å². The number of hydrogen-bond donors (Lipinski definition) is 1. The number of nitrogens with one attached hydrogen (secondary N) is 1. The highest BCUT2D eigenvalue weighted by Gasteiger charge is 2.12. The quantitative estimate of drug-likeness (QED) is 0.901. The molecule has 1 heterocycles. The summed E-state index contributed by atoms with van der Waals surface area (Å²) in [6, 6.07) is 3.62. The molecule has 1 N–H and O–H groups in total. The summed E-state index contributed by atoms with van der Waals surface area (Å²) in [6.45, 7) is 4.66. The van der Waals surface area contributed by atoms with Crippen LogP contribution in [0.25, 0.3) is 0 Å². The van der Waals surface area contributed by atoms with E-state index in [1.807, 2.05) is 24.6 Å². The van der Waals surface area contributed by atoms with Crippen molar-refractivity contribution in [3.63, 3.8) is 0 Å². The van der Waals surface area contributed by atoms with Crippen molar-refractivity contribution in [1.82, 2.24) is 14.9 Å². The van der Waals surface area contributed by atoms with Gasteiger partial charge in [0.25, 0.3) is 0 Å². The van der Waals surface area contributed by atoms with Crippen LogP contribution in [0.2, 0.25) is 0 Å². The lowest BCUT2D eigenvalue weighted by molar-refractivity contribution is 0.427. The first-order valence-corrected chi connectivity index (χ1v) is 6.22. The van der Waals surface area contributed by atoms with E-state index in [2.05, 4.69) is 10.3 Å². The number of benzene rings is 1. The summed E-state index contributed by atoms with van der Waals surface area (Å²) in [5.74, 6) is -1.10. The molecule has 0 bridgehead atoms. The Morgan fingerprint density at radius 2 is 1.89 bits per heavy atom. The second-order valence-electron chi connectivity index (χ2n) is 4.75. The van der Waals surface area contributed by atoms with Gasteiger partial charge in [0, 0.05) is 37.1 Å². The Morgan fingerprint density at radius 3 is 2.47 bits per heavy atom. The Balaban J connectivity index is 1.98. The summed E-state index contributed by atoms with van der Waals surface area (Å²) >= 11 is 0. The lowest BCUT2D eigenvalue weighted by atomic mass is 10.1. The highest BCUT2D eigenvalue weighted by molar-refractivity contribution is 5.21. The highest BCUT2D eigenvalue weighted by Crippen LogP contribution is 2.16. The largest absolute Gasteiger partial charge is 0.336 e. The molecular weight excluding hydrogens is 248 g/mol. The normalized spacial score (nSPS) is 14.3. The zero-order valence-corrected chi connectivity index (χ0v) is 11.0. The molecule has 0 saturated carbocycles. The fourth-order valence-corrected chi connectivity index (χ4v) is 2.11. The maximum atomic E-state index is 13.2. The van der Waals surface area contributed by atoms with Crippen LogP contribution < -0.4 is 5.32 Å². The predicted octanol–water partition coefficient (Wildman–Crippen LogP) is 2.90. The van der Waals surface area contributed by atoms with Crippen molar-refractivity contribution < 1.29 is 8.78 Å². The standard InChI is InChI=1S/C14H17F2N3/c1-10(8-19-4-3-17-9-19)18-11(2)12-5-13(15)7-14(16)6-12/h3-7,9-11,18H,8H2,1-2H3. The molecule has 3 nitrogen and oxygen atoms in total. The molecule has 1 aromatic carbocycles. The van der Waals surface area contributed by atoms with Gasteiger partial charge in [-0.3, -0.25) is 0 Å².